The predicted octanol–water partition coefficient (Wildman–Crippen LogP) is 4.13. The Hall–Kier alpha value is -0.780. The summed E-state index contributed by atoms with van der Waals surface area (Å²) in [6.07, 6.45) is 5.26. The first kappa shape index (κ1) is 10.4. The SMILES string of the molecule is CC1(C)CC(C)(C)c2cc3c(cc21)CCC3. The van der Waals surface area contributed by atoms with Crippen molar-refractivity contribution in [2.75, 3.05) is 0 Å². The number of rotatable bonds is 0. The molecule has 2 aliphatic rings. The fourth-order valence-electron chi connectivity index (χ4n) is 4.04. The fourth-order valence-corrected chi connectivity index (χ4v) is 4.04. The standard InChI is InChI=1S/C16H22/c1-15(2)10-16(3,4)14-9-12-7-5-6-11(12)8-13(14)15/h8-9H,5-7,10H2,1-4H3. The van der Waals surface area contributed by atoms with E-state index in [0.29, 0.717) is 10.8 Å². The summed E-state index contributed by atoms with van der Waals surface area (Å²) in [4.78, 5) is 0. The van der Waals surface area contributed by atoms with Crippen LogP contribution in [-0.2, 0) is 23.7 Å². The number of hydrogen-bond acceptors (Lipinski definition) is 0. The maximum absolute atomic E-state index is 2.52. The Balaban J connectivity index is 2.24. The minimum absolute atomic E-state index is 0.371. The number of hydrogen-bond donors (Lipinski definition) is 0. The summed E-state index contributed by atoms with van der Waals surface area (Å²) in [6.45, 7) is 9.62. The second kappa shape index (κ2) is 2.91. The minimum atomic E-state index is 0.371. The molecule has 0 radical (unpaired) electrons. The molecule has 1 aromatic carbocycles. The Bertz CT molecular complexity index is 408. The molecule has 0 aliphatic heterocycles. The van der Waals surface area contributed by atoms with Crippen LogP contribution in [0, 0.1) is 0 Å². The molecule has 0 N–H and O–H groups in total. The Kier molecular flexibility index (Phi) is 1.89. The van der Waals surface area contributed by atoms with Gasteiger partial charge in [0.05, 0.1) is 0 Å². The van der Waals surface area contributed by atoms with Crippen LogP contribution in [0.25, 0.3) is 0 Å². The van der Waals surface area contributed by atoms with Gasteiger partial charge < -0.3 is 0 Å². The molecule has 0 bridgehead atoms. The molecule has 0 atom stereocenters. The van der Waals surface area contributed by atoms with E-state index >= 15 is 0 Å². The molecule has 86 valence electrons. The minimum Gasteiger partial charge on any atom is -0.0558 e. The third kappa shape index (κ3) is 1.28. The smallest absolute Gasteiger partial charge is 0.00922 e. The normalized spacial score (nSPS) is 24.2. The van der Waals surface area contributed by atoms with E-state index in [-0.39, 0.29) is 0 Å². The van der Waals surface area contributed by atoms with Crippen LogP contribution in [0.5, 0.6) is 0 Å². The molecule has 0 heterocycles. The van der Waals surface area contributed by atoms with Crippen molar-refractivity contribution in [1.29, 1.82) is 0 Å². The lowest BCUT2D eigenvalue weighted by Crippen LogP contribution is -2.18. The fraction of sp³-hybridized carbons (Fsp3) is 0.625. The van der Waals surface area contributed by atoms with Crippen molar-refractivity contribution in [3.8, 4) is 0 Å². The Morgan fingerprint density at radius 3 is 1.69 bits per heavy atom. The average molecular weight is 214 g/mol. The van der Waals surface area contributed by atoms with E-state index in [0.717, 1.165) is 0 Å². The second-order valence-corrected chi connectivity index (χ2v) is 6.96. The molecule has 0 amide bonds. The van der Waals surface area contributed by atoms with Gasteiger partial charge in [0.25, 0.3) is 0 Å². The summed E-state index contributed by atoms with van der Waals surface area (Å²) in [6, 6.07) is 5.04. The largest absolute Gasteiger partial charge is 0.0558 e. The molecule has 3 rings (SSSR count). The van der Waals surface area contributed by atoms with Gasteiger partial charge in [-0.15, -0.1) is 0 Å². The molecule has 0 aromatic heterocycles. The molecule has 0 unspecified atom stereocenters. The Morgan fingerprint density at radius 2 is 1.25 bits per heavy atom. The van der Waals surface area contributed by atoms with Crippen molar-refractivity contribution in [3.05, 3.63) is 34.4 Å². The van der Waals surface area contributed by atoms with E-state index in [1.807, 2.05) is 0 Å². The zero-order valence-corrected chi connectivity index (χ0v) is 11.0. The van der Waals surface area contributed by atoms with Gasteiger partial charge in [-0.2, -0.15) is 0 Å². The van der Waals surface area contributed by atoms with E-state index in [9.17, 15) is 0 Å². The highest BCUT2D eigenvalue weighted by molar-refractivity contribution is 5.50. The van der Waals surface area contributed by atoms with Gasteiger partial charge >= 0.3 is 0 Å². The molecule has 2 aliphatic carbocycles. The van der Waals surface area contributed by atoms with Gasteiger partial charge in [-0.3, -0.25) is 0 Å². The number of fused-ring (bicyclic) bond motifs is 2. The molecular weight excluding hydrogens is 192 g/mol. The summed E-state index contributed by atoms with van der Waals surface area (Å²) in [7, 11) is 0. The lowest BCUT2D eigenvalue weighted by Gasteiger charge is -2.22. The molecule has 0 nitrogen and oxygen atoms in total. The molecule has 1 aromatic rings. The van der Waals surface area contributed by atoms with Gasteiger partial charge in [-0.25, -0.2) is 0 Å². The highest BCUT2D eigenvalue weighted by Gasteiger charge is 2.42. The van der Waals surface area contributed by atoms with Crippen LogP contribution in [0.1, 0.15) is 62.8 Å². The van der Waals surface area contributed by atoms with Crippen LogP contribution < -0.4 is 0 Å². The molecule has 0 heteroatoms. The topological polar surface area (TPSA) is 0 Å². The van der Waals surface area contributed by atoms with Gasteiger partial charge in [0, 0.05) is 0 Å². The first-order valence-corrected chi connectivity index (χ1v) is 6.57. The molecule has 0 spiro atoms. The first-order valence-electron chi connectivity index (χ1n) is 6.57. The van der Waals surface area contributed by atoms with E-state index in [2.05, 4.69) is 39.8 Å². The van der Waals surface area contributed by atoms with E-state index in [1.165, 1.54) is 25.7 Å². The number of benzene rings is 1. The summed E-state index contributed by atoms with van der Waals surface area (Å²) in [5.74, 6) is 0. The summed E-state index contributed by atoms with van der Waals surface area (Å²) < 4.78 is 0. The van der Waals surface area contributed by atoms with Crippen LogP contribution in [0.4, 0.5) is 0 Å². The van der Waals surface area contributed by atoms with E-state index < -0.39 is 0 Å². The maximum Gasteiger partial charge on any atom is -0.00922 e. The van der Waals surface area contributed by atoms with Crippen LogP contribution in [-0.4, -0.2) is 0 Å². The number of aryl methyl sites for hydroxylation is 2. The third-order valence-corrected chi connectivity index (χ3v) is 4.57. The first-order chi connectivity index (χ1) is 7.40. The van der Waals surface area contributed by atoms with E-state index in [4.69, 9.17) is 0 Å². The van der Waals surface area contributed by atoms with Crippen LogP contribution >= 0.6 is 0 Å². The lowest BCUT2D eigenvalue weighted by molar-refractivity contribution is 0.403. The average Bonchev–Trinajstić information content (AvgIpc) is 2.66. The van der Waals surface area contributed by atoms with Crippen molar-refractivity contribution in [2.24, 2.45) is 0 Å². The summed E-state index contributed by atoms with van der Waals surface area (Å²) in [5, 5.41) is 0. The van der Waals surface area contributed by atoms with Crippen molar-refractivity contribution in [3.63, 3.8) is 0 Å². The molecular formula is C16H22. The third-order valence-electron chi connectivity index (χ3n) is 4.57. The molecule has 0 fully saturated rings. The second-order valence-electron chi connectivity index (χ2n) is 6.96. The van der Waals surface area contributed by atoms with Gasteiger partial charge in [-0.05, 0) is 58.8 Å². The van der Waals surface area contributed by atoms with Crippen molar-refractivity contribution >= 4 is 0 Å². The van der Waals surface area contributed by atoms with Crippen molar-refractivity contribution < 1.29 is 0 Å². The van der Waals surface area contributed by atoms with Gasteiger partial charge in [0.15, 0.2) is 0 Å². The quantitative estimate of drug-likeness (QED) is 0.609. The van der Waals surface area contributed by atoms with Crippen LogP contribution in [0.3, 0.4) is 0 Å². The molecule has 0 saturated heterocycles. The Labute approximate surface area is 99.1 Å². The van der Waals surface area contributed by atoms with Crippen LogP contribution in [0.15, 0.2) is 12.1 Å². The highest BCUT2D eigenvalue weighted by Crippen LogP contribution is 2.50. The van der Waals surface area contributed by atoms with Gasteiger partial charge in [-0.1, -0.05) is 39.8 Å². The highest BCUT2D eigenvalue weighted by atomic mass is 14.5. The maximum atomic E-state index is 2.52. The lowest BCUT2D eigenvalue weighted by atomic mass is 9.82. The van der Waals surface area contributed by atoms with Gasteiger partial charge in [0.1, 0.15) is 0 Å². The summed E-state index contributed by atoms with van der Waals surface area (Å²) in [5.41, 5.74) is 7.25. The van der Waals surface area contributed by atoms with Crippen LogP contribution in [0.2, 0.25) is 0 Å². The molecule has 16 heavy (non-hydrogen) atoms. The zero-order valence-electron chi connectivity index (χ0n) is 11.0. The zero-order chi connectivity index (χ0) is 11.6. The van der Waals surface area contributed by atoms with Gasteiger partial charge in [0.2, 0.25) is 0 Å². The van der Waals surface area contributed by atoms with Crippen molar-refractivity contribution in [2.45, 2.75) is 64.2 Å². The predicted molar refractivity (Wildman–Crippen MR) is 69.1 cm³/mol. The summed E-state index contributed by atoms with van der Waals surface area (Å²) >= 11 is 0. The Morgan fingerprint density at radius 1 is 0.812 bits per heavy atom. The molecule has 0 saturated carbocycles. The van der Waals surface area contributed by atoms with Crippen molar-refractivity contribution in [1.82, 2.24) is 0 Å². The van der Waals surface area contributed by atoms with E-state index in [1.54, 1.807) is 22.3 Å². The monoisotopic (exact) mass is 214 g/mol.